The van der Waals surface area contributed by atoms with Crippen molar-refractivity contribution in [1.29, 1.82) is 0 Å². The lowest BCUT2D eigenvalue weighted by atomic mass is 9.81. The first-order valence-corrected chi connectivity index (χ1v) is 11.9. The van der Waals surface area contributed by atoms with Gasteiger partial charge in [0.15, 0.2) is 17.4 Å². The van der Waals surface area contributed by atoms with Gasteiger partial charge in [-0.3, -0.25) is 14.7 Å². The van der Waals surface area contributed by atoms with Crippen molar-refractivity contribution in [3.63, 3.8) is 0 Å². The summed E-state index contributed by atoms with van der Waals surface area (Å²) in [4.78, 5) is 26.1. The fourth-order valence-electron chi connectivity index (χ4n) is 4.85. The van der Waals surface area contributed by atoms with Gasteiger partial charge in [-0.1, -0.05) is 58.0 Å². The van der Waals surface area contributed by atoms with Crippen LogP contribution in [0.15, 0.2) is 36.7 Å². The van der Waals surface area contributed by atoms with Gasteiger partial charge in [0.05, 0.1) is 11.9 Å². The van der Waals surface area contributed by atoms with Crippen LogP contribution in [-0.4, -0.2) is 43.7 Å². The van der Waals surface area contributed by atoms with Crippen molar-refractivity contribution in [3.8, 4) is 5.88 Å². The summed E-state index contributed by atoms with van der Waals surface area (Å²) in [6.45, 7) is 8.97. The van der Waals surface area contributed by atoms with Crippen LogP contribution in [-0.2, 0) is 20.9 Å². The van der Waals surface area contributed by atoms with Gasteiger partial charge in [-0.05, 0) is 12.0 Å². The Bertz CT molecular complexity index is 1180. The van der Waals surface area contributed by atoms with E-state index in [0.29, 0.717) is 30.3 Å². The average Bonchev–Trinajstić information content (AvgIpc) is 3.30. The SMILES string of the molecule is CC[C@@]12CCO[C@@H](C1C)[C@H](n1cnc3c(OCc4ccccc4)nc(NC(=O)C(C)C)nc31)O2. The van der Waals surface area contributed by atoms with Crippen LogP contribution in [0.1, 0.15) is 52.3 Å². The largest absolute Gasteiger partial charge is 0.471 e. The quantitative estimate of drug-likeness (QED) is 0.561. The molecule has 0 spiro atoms. The van der Waals surface area contributed by atoms with E-state index in [1.54, 1.807) is 6.33 Å². The number of imidazole rings is 1. The molecule has 1 aromatic carbocycles. The van der Waals surface area contributed by atoms with E-state index in [1.807, 2.05) is 48.7 Å². The van der Waals surface area contributed by atoms with E-state index >= 15 is 0 Å². The number of rotatable bonds is 7. The molecule has 1 amide bonds. The smallest absolute Gasteiger partial charge is 0.247 e. The van der Waals surface area contributed by atoms with Crippen LogP contribution in [0.3, 0.4) is 0 Å². The molecule has 0 aliphatic carbocycles. The van der Waals surface area contributed by atoms with Gasteiger partial charge >= 0.3 is 0 Å². The van der Waals surface area contributed by atoms with Crippen molar-refractivity contribution in [2.45, 2.75) is 65.1 Å². The minimum Gasteiger partial charge on any atom is -0.471 e. The van der Waals surface area contributed by atoms with Crippen molar-refractivity contribution in [1.82, 2.24) is 19.5 Å². The molecule has 1 N–H and O–H groups in total. The van der Waals surface area contributed by atoms with E-state index in [2.05, 4.69) is 34.1 Å². The third-order valence-electron chi connectivity index (χ3n) is 7.03. The number of benzene rings is 1. The molecule has 9 heteroatoms. The van der Waals surface area contributed by atoms with E-state index in [1.165, 1.54) is 0 Å². The second-order valence-electron chi connectivity index (χ2n) is 9.40. The summed E-state index contributed by atoms with van der Waals surface area (Å²) >= 11 is 0. The number of amides is 1. The second-order valence-corrected chi connectivity index (χ2v) is 9.40. The lowest BCUT2D eigenvalue weighted by molar-refractivity contribution is -0.118. The Morgan fingerprint density at radius 3 is 2.79 bits per heavy atom. The number of carbonyl (C=O) groups is 1. The Hall–Kier alpha value is -3.04. The third-order valence-corrected chi connectivity index (χ3v) is 7.03. The predicted molar refractivity (Wildman–Crippen MR) is 126 cm³/mol. The van der Waals surface area contributed by atoms with Crippen LogP contribution in [0.5, 0.6) is 5.88 Å². The molecule has 4 heterocycles. The maximum atomic E-state index is 12.4. The molecular formula is C25H31N5O4. The normalized spacial score (nSPS) is 26.2. The highest BCUT2D eigenvalue weighted by atomic mass is 16.6. The van der Waals surface area contributed by atoms with Gasteiger partial charge in [0.25, 0.3) is 0 Å². The number of nitrogens with one attached hydrogen (secondary N) is 1. The Kier molecular flexibility index (Phi) is 5.99. The fraction of sp³-hybridized carbons (Fsp3) is 0.520. The van der Waals surface area contributed by atoms with E-state index in [4.69, 9.17) is 14.2 Å². The van der Waals surface area contributed by atoms with E-state index in [0.717, 1.165) is 18.4 Å². The molecule has 3 aromatic rings. The monoisotopic (exact) mass is 465 g/mol. The number of aromatic nitrogens is 4. The van der Waals surface area contributed by atoms with Gasteiger partial charge in [-0.2, -0.15) is 9.97 Å². The van der Waals surface area contributed by atoms with Gasteiger partial charge in [0, 0.05) is 24.9 Å². The van der Waals surface area contributed by atoms with E-state index in [-0.39, 0.29) is 41.6 Å². The van der Waals surface area contributed by atoms with Crippen LogP contribution in [0.4, 0.5) is 5.95 Å². The molecule has 0 radical (unpaired) electrons. The third kappa shape index (κ3) is 3.92. The molecule has 4 atom stereocenters. The van der Waals surface area contributed by atoms with Gasteiger partial charge in [-0.15, -0.1) is 0 Å². The fourth-order valence-corrected chi connectivity index (χ4v) is 4.85. The van der Waals surface area contributed by atoms with Gasteiger partial charge in [-0.25, -0.2) is 4.98 Å². The Morgan fingerprint density at radius 2 is 2.09 bits per heavy atom. The van der Waals surface area contributed by atoms with Crippen LogP contribution in [0, 0.1) is 11.8 Å². The zero-order valence-corrected chi connectivity index (χ0v) is 20.0. The lowest BCUT2D eigenvalue weighted by Crippen LogP contribution is -2.42. The number of anilines is 1. The maximum Gasteiger partial charge on any atom is 0.247 e. The number of hydrogen-bond donors (Lipinski definition) is 1. The molecule has 5 rings (SSSR count). The summed E-state index contributed by atoms with van der Waals surface area (Å²) in [5, 5.41) is 2.80. The van der Waals surface area contributed by atoms with Gasteiger partial charge < -0.3 is 14.2 Å². The molecule has 2 aliphatic rings. The highest BCUT2D eigenvalue weighted by Crippen LogP contribution is 2.50. The predicted octanol–water partition coefficient (Wildman–Crippen LogP) is 4.10. The average molecular weight is 466 g/mol. The summed E-state index contributed by atoms with van der Waals surface area (Å²) in [6, 6.07) is 9.83. The lowest BCUT2D eigenvalue weighted by Gasteiger charge is -2.35. The summed E-state index contributed by atoms with van der Waals surface area (Å²) in [5.74, 6) is 0.343. The first-order chi connectivity index (χ1) is 16.4. The molecule has 0 saturated carbocycles. The summed E-state index contributed by atoms with van der Waals surface area (Å²) < 4.78 is 20.7. The van der Waals surface area contributed by atoms with Crippen molar-refractivity contribution in [2.75, 3.05) is 11.9 Å². The highest BCUT2D eigenvalue weighted by molar-refractivity contribution is 5.91. The highest BCUT2D eigenvalue weighted by Gasteiger charge is 2.55. The summed E-state index contributed by atoms with van der Waals surface area (Å²) in [5.41, 5.74) is 1.83. The van der Waals surface area contributed by atoms with Crippen molar-refractivity contribution in [3.05, 3.63) is 42.2 Å². The van der Waals surface area contributed by atoms with Crippen molar-refractivity contribution >= 4 is 23.0 Å². The van der Waals surface area contributed by atoms with Crippen molar-refractivity contribution < 1.29 is 19.0 Å². The molecule has 2 aromatic heterocycles. The van der Waals surface area contributed by atoms with Crippen LogP contribution in [0.2, 0.25) is 0 Å². The molecule has 2 bridgehead atoms. The Morgan fingerprint density at radius 1 is 1.29 bits per heavy atom. The first-order valence-electron chi connectivity index (χ1n) is 11.9. The topological polar surface area (TPSA) is 100 Å². The molecular weight excluding hydrogens is 434 g/mol. The Labute approximate surface area is 198 Å². The zero-order valence-electron chi connectivity index (χ0n) is 20.0. The minimum absolute atomic E-state index is 0.108. The molecule has 2 saturated heterocycles. The molecule has 9 nitrogen and oxygen atoms in total. The van der Waals surface area contributed by atoms with Crippen LogP contribution < -0.4 is 10.1 Å². The van der Waals surface area contributed by atoms with Crippen molar-refractivity contribution in [2.24, 2.45) is 11.8 Å². The van der Waals surface area contributed by atoms with Crippen LogP contribution >= 0.6 is 0 Å². The van der Waals surface area contributed by atoms with E-state index in [9.17, 15) is 4.79 Å². The van der Waals surface area contributed by atoms with Crippen LogP contribution in [0.25, 0.3) is 11.2 Å². The number of ether oxygens (including phenoxy) is 3. The molecule has 2 aliphatic heterocycles. The molecule has 2 fully saturated rings. The summed E-state index contributed by atoms with van der Waals surface area (Å²) in [7, 11) is 0. The van der Waals surface area contributed by atoms with E-state index < -0.39 is 0 Å². The number of carbonyl (C=O) groups excluding carboxylic acids is 1. The Balaban J connectivity index is 1.54. The van der Waals surface area contributed by atoms with Gasteiger partial charge in [0.2, 0.25) is 17.7 Å². The van der Waals surface area contributed by atoms with Gasteiger partial charge in [0.1, 0.15) is 12.7 Å². The molecule has 34 heavy (non-hydrogen) atoms. The number of fused-ring (bicyclic) bond motifs is 3. The zero-order chi connectivity index (χ0) is 23.9. The minimum atomic E-state index is -0.368. The number of nitrogens with zero attached hydrogens (tertiary/aromatic N) is 4. The molecule has 180 valence electrons. The first kappa shape index (κ1) is 22.7. The standard InChI is InChI=1S/C25H31N5O4/c1-5-25-11-12-32-19(16(25)4)23(34-25)30-14-26-18-20(30)27-24(28-21(31)15(2)3)29-22(18)33-13-17-9-7-6-8-10-17/h6-10,14-16,19,23H,5,11-13H2,1-4H3,(H,27,28,29,31)/t16?,19-,23+,25+/m0/s1. The summed E-state index contributed by atoms with van der Waals surface area (Å²) in [6.07, 6.45) is 3.00. The molecule has 1 unspecified atom stereocenters. The number of hydrogen-bond acceptors (Lipinski definition) is 7. The second kappa shape index (κ2) is 8.96. The maximum absolute atomic E-state index is 12.4.